The van der Waals surface area contributed by atoms with E-state index in [1.165, 1.54) is 0 Å². The first-order valence-electron chi connectivity index (χ1n) is 5.22. The predicted octanol–water partition coefficient (Wildman–Crippen LogP) is 5.71. The highest BCUT2D eigenvalue weighted by Crippen LogP contribution is 2.21. The van der Waals surface area contributed by atoms with E-state index in [2.05, 4.69) is 0 Å². The molecule has 0 aromatic rings. The number of hydrogen-bond donors (Lipinski definition) is 0. The molecule has 0 aromatic heterocycles. The molecule has 0 N–H and O–H groups in total. The fourth-order valence-electron chi connectivity index (χ4n) is 1.41. The predicted molar refractivity (Wildman–Crippen MR) is 69.5 cm³/mol. The normalized spacial score (nSPS) is 20.6. The van der Waals surface area contributed by atoms with Crippen LogP contribution in [0.1, 0.15) is 38.5 Å². The fraction of sp³-hybridized carbons (Fsp3) is 0.500. The van der Waals surface area contributed by atoms with E-state index < -0.39 is 0 Å². The molecular weight excluding hydrogens is 250 g/mol. The average molecular weight is 266 g/mol. The second-order valence-corrected chi connectivity index (χ2v) is 5.03. The van der Waals surface area contributed by atoms with Crippen LogP contribution in [0.25, 0.3) is 0 Å². The molecule has 84 valence electrons. The fourth-order valence-corrected chi connectivity index (χ4v) is 2.06. The Hall–Kier alpha value is 0.0900. The first-order chi connectivity index (χ1) is 7.18. The van der Waals surface area contributed by atoms with Crippen LogP contribution in [-0.2, 0) is 0 Å². The Labute approximate surface area is 107 Å². The van der Waals surface area contributed by atoms with Crippen LogP contribution >= 0.6 is 34.8 Å². The molecule has 15 heavy (non-hydrogen) atoms. The Morgan fingerprint density at radius 1 is 0.600 bits per heavy atom. The van der Waals surface area contributed by atoms with E-state index in [1.54, 1.807) is 0 Å². The van der Waals surface area contributed by atoms with Gasteiger partial charge in [-0.1, -0.05) is 53.0 Å². The number of hydrogen-bond acceptors (Lipinski definition) is 0. The Kier molecular flexibility index (Phi) is 6.47. The minimum atomic E-state index is 0.874. The van der Waals surface area contributed by atoms with Gasteiger partial charge >= 0.3 is 0 Å². The lowest BCUT2D eigenvalue weighted by atomic mass is 10.1. The zero-order valence-electron chi connectivity index (χ0n) is 8.61. The summed E-state index contributed by atoms with van der Waals surface area (Å²) < 4.78 is 0. The van der Waals surface area contributed by atoms with Crippen molar-refractivity contribution in [1.29, 1.82) is 0 Å². The van der Waals surface area contributed by atoms with Gasteiger partial charge in [-0.3, -0.25) is 0 Å². The Morgan fingerprint density at radius 2 is 0.867 bits per heavy atom. The largest absolute Gasteiger partial charge is 0.0895 e. The quantitative estimate of drug-likeness (QED) is 0.526. The summed E-state index contributed by atoms with van der Waals surface area (Å²) in [7, 11) is 0. The van der Waals surface area contributed by atoms with Crippen LogP contribution in [-0.4, -0.2) is 0 Å². The molecule has 0 amide bonds. The maximum atomic E-state index is 6.04. The molecule has 1 aliphatic carbocycles. The SMILES string of the molecule is ClC1=CCCC(Cl)=CCCC(Cl)=CCC1. The van der Waals surface area contributed by atoms with E-state index in [-0.39, 0.29) is 0 Å². The van der Waals surface area contributed by atoms with Gasteiger partial charge < -0.3 is 0 Å². The summed E-state index contributed by atoms with van der Waals surface area (Å²) in [5.74, 6) is 0. The molecule has 0 heterocycles. The van der Waals surface area contributed by atoms with Crippen molar-refractivity contribution in [2.75, 3.05) is 0 Å². The van der Waals surface area contributed by atoms with E-state index in [1.807, 2.05) is 18.2 Å². The van der Waals surface area contributed by atoms with Gasteiger partial charge in [-0.05, 0) is 38.5 Å². The summed E-state index contributed by atoms with van der Waals surface area (Å²) in [4.78, 5) is 0. The van der Waals surface area contributed by atoms with Crippen LogP contribution in [0.2, 0.25) is 0 Å². The molecule has 0 bridgehead atoms. The van der Waals surface area contributed by atoms with Gasteiger partial charge in [-0.25, -0.2) is 0 Å². The maximum absolute atomic E-state index is 6.04. The number of allylic oxidation sites excluding steroid dienone is 6. The summed E-state index contributed by atoms with van der Waals surface area (Å²) in [6.45, 7) is 0. The van der Waals surface area contributed by atoms with Crippen molar-refractivity contribution in [1.82, 2.24) is 0 Å². The zero-order chi connectivity index (χ0) is 11.1. The standard InChI is InChI=1S/C12H15Cl3/c13-10-4-1-5-11(14)7-3-9-12(15)8-2-6-10/h4,7-8H,1-3,5-6,9H2. The maximum Gasteiger partial charge on any atom is 0.0144 e. The van der Waals surface area contributed by atoms with Crippen LogP contribution in [0.5, 0.6) is 0 Å². The van der Waals surface area contributed by atoms with Gasteiger partial charge in [0.05, 0.1) is 0 Å². The van der Waals surface area contributed by atoms with Crippen LogP contribution in [0, 0.1) is 0 Å². The van der Waals surface area contributed by atoms with Crippen LogP contribution < -0.4 is 0 Å². The molecular formula is C12H15Cl3. The molecule has 0 aromatic carbocycles. The van der Waals surface area contributed by atoms with Gasteiger partial charge in [0.25, 0.3) is 0 Å². The molecule has 0 saturated heterocycles. The third-order valence-electron chi connectivity index (χ3n) is 2.25. The molecule has 0 radical (unpaired) electrons. The minimum Gasteiger partial charge on any atom is -0.0895 e. The van der Waals surface area contributed by atoms with Crippen molar-refractivity contribution in [2.45, 2.75) is 38.5 Å². The van der Waals surface area contributed by atoms with E-state index in [0.717, 1.165) is 53.6 Å². The lowest BCUT2D eigenvalue weighted by Gasteiger charge is -2.02. The lowest BCUT2D eigenvalue weighted by Crippen LogP contribution is -1.81. The summed E-state index contributed by atoms with van der Waals surface area (Å²) >= 11 is 18.1. The Balaban J connectivity index is 2.62. The highest BCUT2D eigenvalue weighted by Gasteiger charge is 1.98. The lowest BCUT2D eigenvalue weighted by molar-refractivity contribution is 0.937. The van der Waals surface area contributed by atoms with Gasteiger partial charge in [-0.15, -0.1) is 0 Å². The minimum absolute atomic E-state index is 0.874. The first-order valence-corrected chi connectivity index (χ1v) is 6.35. The van der Waals surface area contributed by atoms with E-state index in [4.69, 9.17) is 34.8 Å². The van der Waals surface area contributed by atoms with E-state index >= 15 is 0 Å². The third-order valence-corrected chi connectivity index (χ3v) is 3.28. The molecule has 0 aliphatic heterocycles. The molecule has 3 heteroatoms. The van der Waals surface area contributed by atoms with Gasteiger partial charge in [0.15, 0.2) is 0 Å². The molecule has 0 fully saturated rings. The molecule has 1 rings (SSSR count). The Morgan fingerprint density at radius 3 is 1.13 bits per heavy atom. The highest BCUT2D eigenvalue weighted by molar-refractivity contribution is 6.30. The van der Waals surface area contributed by atoms with Crippen molar-refractivity contribution in [2.24, 2.45) is 0 Å². The molecule has 0 saturated carbocycles. The van der Waals surface area contributed by atoms with Crippen molar-refractivity contribution in [3.8, 4) is 0 Å². The van der Waals surface area contributed by atoms with Gasteiger partial charge in [0.2, 0.25) is 0 Å². The van der Waals surface area contributed by atoms with Gasteiger partial charge in [0.1, 0.15) is 0 Å². The smallest absolute Gasteiger partial charge is 0.0144 e. The summed E-state index contributed by atoms with van der Waals surface area (Å²) in [5, 5.41) is 2.71. The van der Waals surface area contributed by atoms with Crippen LogP contribution in [0.15, 0.2) is 33.3 Å². The van der Waals surface area contributed by atoms with E-state index in [9.17, 15) is 0 Å². The second kappa shape index (κ2) is 7.38. The monoisotopic (exact) mass is 264 g/mol. The average Bonchev–Trinajstić information content (AvgIpc) is 2.16. The summed E-state index contributed by atoms with van der Waals surface area (Å²) in [6, 6.07) is 0. The highest BCUT2D eigenvalue weighted by atomic mass is 35.5. The zero-order valence-corrected chi connectivity index (χ0v) is 10.9. The summed E-state index contributed by atoms with van der Waals surface area (Å²) in [6.07, 6.45) is 11.5. The molecule has 0 spiro atoms. The van der Waals surface area contributed by atoms with Crippen LogP contribution in [0.3, 0.4) is 0 Å². The number of halogens is 3. The number of rotatable bonds is 0. The van der Waals surface area contributed by atoms with Gasteiger partial charge in [-0.2, -0.15) is 0 Å². The molecule has 1 aliphatic rings. The topological polar surface area (TPSA) is 0 Å². The van der Waals surface area contributed by atoms with Gasteiger partial charge in [0, 0.05) is 15.1 Å². The second-order valence-electron chi connectivity index (χ2n) is 3.57. The summed E-state index contributed by atoms with van der Waals surface area (Å²) in [5.41, 5.74) is 0. The van der Waals surface area contributed by atoms with Crippen molar-refractivity contribution in [3.63, 3.8) is 0 Å². The molecule has 0 nitrogen and oxygen atoms in total. The third kappa shape index (κ3) is 6.29. The molecule has 0 atom stereocenters. The van der Waals surface area contributed by atoms with Crippen LogP contribution in [0.4, 0.5) is 0 Å². The van der Waals surface area contributed by atoms with Crippen molar-refractivity contribution < 1.29 is 0 Å². The first kappa shape index (κ1) is 13.2. The van der Waals surface area contributed by atoms with Crippen molar-refractivity contribution in [3.05, 3.63) is 33.3 Å². The molecule has 0 unspecified atom stereocenters. The van der Waals surface area contributed by atoms with E-state index in [0.29, 0.717) is 0 Å². The Bertz CT molecular complexity index is 240. The van der Waals surface area contributed by atoms with Crippen molar-refractivity contribution >= 4 is 34.8 Å².